The van der Waals surface area contributed by atoms with Crippen molar-refractivity contribution in [2.45, 2.75) is 29.9 Å². The van der Waals surface area contributed by atoms with E-state index < -0.39 is 17.1 Å². The summed E-state index contributed by atoms with van der Waals surface area (Å²) in [5.74, 6) is -0.333. The third-order valence-corrected chi connectivity index (χ3v) is 8.62. The first-order valence-corrected chi connectivity index (χ1v) is 16.2. The van der Waals surface area contributed by atoms with E-state index in [1.54, 1.807) is 54.6 Å². The highest BCUT2D eigenvalue weighted by molar-refractivity contribution is 8.00. The van der Waals surface area contributed by atoms with Crippen LogP contribution in [0.15, 0.2) is 138 Å². The molecule has 47 heavy (non-hydrogen) atoms. The lowest BCUT2D eigenvalue weighted by molar-refractivity contribution is -0.116. The lowest BCUT2D eigenvalue weighted by Crippen LogP contribution is -2.30. The molecule has 3 amide bonds. The Bertz CT molecular complexity index is 1850. The molecule has 0 fully saturated rings. The summed E-state index contributed by atoms with van der Waals surface area (Å²) in [7, 11) is 0. The Kier molecular flexibility index (Phi) is 11.2. The van der Waals surface area contributed by atoms with Gasteiger partial charge in [-0.3, -0.25) is 14.4 Å². The second kappa shape index (κ2) is 15.9. The van der Waals surface area contributed by atoms with Crippen molar-refractivity contribution in [2.24, 2.45) is 0 Å². The Labute approximate surface area is 283 Å². The molecule has 1 unspecified atom stereocenters. The van der Waals surface area contributed by atoms with Crippen molar-refractivity contribution in [1.82, 2.24) is 10.3 Å². The molecule has 1 heterocycles. The number of anilines is 2. The lowest BCUT2D eigenvalue weighted by atomic mass is 10.0. The average Bonchev–Trinajstić information content (AvgIpc) is 3.09. The van der Waals surface area contributed by atoms with Gasteiger partial charge in [-0.1, -0.05) is 98.2 Å². The largest absolute Gasteiger partial charge is 0.321 e. The van der Waals surface area contributed by atoms with Crippen LogP contribution < -0.4 is 16.0 Å². The first-order chi connectivity index (χ1) is 22.7. The predicted molar refractivity (Wildman–Crippen MR) is 190 cm³/mol. The predicted octanol–water partition coefficient (Wildman–Crippen LogP) is 8.74. The Morgan fingerprint density at radius 2 is 1.40 bits per heavy atom. The number of nitrogens with zero attached hydrogens (tertiary/aromatic N) is 1. The van der Waals surface area contributed by atoms with E-state index in [0.717, 1.165) is 16.0 Å². The minimum Gasteiger partial charge on any atom is -0.321 e. The van der Waals surface area contributed by atoms with Crippen LogP contribution in [-0.4, -0.2) is 22.7 Å². The minimum atomic E-state index is -0.570. The number of pyridine rings is 1. The average molecular weight is 661 g/mol. The summed E-state index contributed by atoms with van der Waals surface area (Å²) in [6, 6.07) is 36.6. The van der Waals surface area contributed by atoms with E-state index in [9.17, 15) is 14.4 Å². The van der Waals surface area contributed by atoms with Crippen LogP contribution in [0, 0.1) is 0 Å². The monoisotopic (exact) mass is 660 g/mol. The molecule has 0 aliphatic rings. The SMILES string of the molecule is CC(C)c1ccc(/C=C(\NC(=O)c2ccccc2)C(=O)Nc2ccc(SC(C(=O)Nc3ccc(Cl)cn3)c3ccccc3)cc2)cc1. The van der Waals surface area contributed by atoms with Crippen LogP contribution in [0.1, 0.15) is 52.1 Å². The molecule has 7 nitrogen and oxygen atoms in total. The fourth-order valence-electron chi connectivity index (χ4n) is 4.58. The molecular weight excluding hydrogens is 628 g/mol. The summed E-state index contributed by atoms with van der Waals surface area (Å²) in [6.07, 6.45) is 3.13. The lowest BCUT2D eigenvalue weighted by Gasteiger charge is -2.17. The Hall–Kier alpha value is -5.18. The van der Waals surface area contributed by atoms with Crippen molar-refractivity contribution >= 4 is 58.7 Å². The summed E-state index contributed by atoms with van der Waals surface area (Å²) >= 11 is 7.32. The molecule has 0 radical (unpaired) electrons. The van der Waals surface area contributed by atoms with Crippen molar-refractivity contribution in [3.05, 3.63) is 160 Å². The quantitative estimate of drug-likeness (QED) is 0.0972. The Morgan fingerprint density at radius 1 is 0.745 bits per heavy atom. The summed E-state index contributed by atoms with van der Waals surface area (Å²) < 4.78 is 0. The standard InChI is InChI=1S/C38H33ClN4O3S/c1-25(2)27-15-13-26(14-16-27)23-33(42-36(44)29-11-7-4-8-12-29)37(45)41-31-18-20-32(21-19-31)47-35(28-9-5-3-6-10-28)38(46)43-34-22-17-30(39)24-40-34/h3-25,35H,1-2H3,(H,41,45)(H,42,44)(H,40,43,46)/b33-23-. The fourth-order valence-corrected chi connectivity index (χ4v) is 5.72. The number of amides is 3. The molecule has 1 aromatic heterocycles. The number of carbonyl (C=O) groups is 3. The zero-order valence-electron chi connectivity index (χ0n) is 25.8. The van der Waals surface area contributed by atoms with Crippen molar-refractivity contribution in [1.29, 1.82) is 0 Å². The van der Waals surface area contributed by atoms with Crippen molar-refractivity contribution in [3.63, 3.8) is 0 Å². The smallest absolute Gasteiger partial charge is 0.272 e. The molecule has 236 valence electrons. The van der Waals surface area contributed by atoms with E-state index in [4.69, 9.17) is 11.6 Å². The Balaban J connectivity index is 1.33. The van der Waals surface area contributed by atoms with Crippen molar-refractivity contribution < 1.29 is 14.4 Å². The molecule has 5 aromatic rings. The van der Waals surface area contributed by atoms with Crippen LogP contribution in [0.5, 0.6) is 0 Å². The number of nitrogens with one attached hydrogen (secondary N) is 3. The molecular formula is C38H33ClN4O3S. The molecule has 0 saturated carbocycles. The molecule has 1 atom stereocenters. The van der Waals surface area contributed by atoms with Gasteiger partial charge in [0.2, 0.25) is 5.91 Å². The third-order valence-electron chi connectivity index (χ3n) is 7.13. The molecule has 0 bridgehead atoms. The summed E-state index contributed by atoms with van der Waals surface area (Å²) in [4.78, 5) is 44.9. The van der Waals surface area contributed by atoms with Gasteiger partial charge in [-0.05, 0) is 77.2 Å². The van der Waals surface area contributed by atoms with Gasteiger partial charge in [0.15, 0.2) is 0 Å². The molecule has 0 aliphatic heterocycles. The first-order valence-electron chi connectivity index (χ1n) is 15.0. The number of halogens is 1. The van der Waals surface area contributed by atoms with Crippen molar-refractivity contribution in [2.75, 3.05) is 10.6 Å². The number of hydrogen-bond donors (Lipinski definition) is 3. The van der Waals surface area contributed by atoms with E-state index in [2.05, 4.69) is 34.8 Å². The number of benzene rings is 4. The highest BCUT2D eigenvalue weighted by Crippen LogP contribution is 2.36. The van der Waals surface area contributed by atoms with Gasteiger partial charge >= 0.3 is 0 Å². The van der Waals surface area contributed by atoms with Crippen LogP contribution in [0.3, 0.4) is 0 Å². The Morgan fingerprint density at radius 3 is 2.02 bits per heavy atom. The topological polar surface area (TPSA) is 100 Å². The maximum absolute atomic E-state index is 13.5. The van der Waals surface area contributed by atoms with E-state index in [-0.39, 0.29) is 11.6 Å². The number of aromatic nitrogens is 1. The van der Waals surface area contributed by atoms with E-state index >= 15 is 0 Å². The van der Waals surface area contributed by atoms with E-state index in [1.165, 1.54) is 23.5 Å². The van der Waals surface area contributed by atoms with Gasteiger partial charge in [0.1, 0.15) is 16.8 Å². The number of hydrogen-bond acceptors (Lipinski definition) is 5. The van der Waals surface area contributed by atoms with Crippen LogP contribution in [-0.2, 0) is 9.59 Å². The maximum Gasteiger partial charge on any atom is 0.272 e. The van der Waals surface area contributed by atoms with Crippen LogP contribution in [0.2, 0.25) is 5.02 Å². The normalized spacial score (nSPS) is 11.9. The highest BCUT2D eigenvalue weighted by atomic mass is 35.5. The maximum atomic E-state index is 13.5. The molecule has 0 spiro atoms. The van der Waals surface area contributed by atoms with Crippen molar-refractivity contribution in [3.8, 4) is 0 Å². The molecule has 4 aromatic carbocycles. The number of rotatable bonds is 11. The van der Waals surface area contributed by atoms with Gasteiger partial charge in [0, 0.05) is 22.3 Å². The van der Waals surface area contributed by atoms with Gasteiger partial charge in [-0.25, -0.2) is 4.98 Å². The van der Waals surface area contributed by atoms with Gasteiger partial charge in [-0.15, -0.1) is 11.8 Å². The second-order valence-corrected chi connectivity index (χ2v) is 12.6. The second-order valence-electron chi connectivity index (χ2n) is 10.9. The highest BCUT2D eigenvalue weighted by Gasteiger charge is 2.23. The molecule has 0 saturated heterocycles. The van der Waals surface area contributed by atoms with Gasteiger partial charge in [-0.2, -0.15) is 0 Å². The molecule has 5 rings (SSSR count). The first kappa shape index (κ1) is 33.2. The van der Waals surface area contributed by atoms with E-state index in [1.807, 2.05) is 72.8 Å². The number of thioether (sulfide) groups is 1. The molecule has 3 N–H and O–H groups in total. The van der Waals surface area contributed by atoms with Crippen LogP contribution >= 0.6 is 23.4 Å². The van der Waals surface area contributed by atoms with E-state index in [0.29, 0.717) is 28.0 Å². The minimum absolute atomic E-state index is 0.103. The molecule has 9 heteroatoms. The van der Waals surface area contributed by atoms with Gasteiger partial charge < -0.3 is 16.0 Å². The zero-order chi connectivity index (χ0) is 33.2. The summed E-state index contributed by atoms with van der Waals surface area (Å²) in [5, 5.41) is 8.44. The van der Waals surface area contributed by atoms with Gasteiger partial charge in [0.05, 0.1) is 5.02 Å². The molecule has 0 aliphatic carbocycles. The fraction of sp³-hybridized carbons (Fsp3) is 0.105. The van der Waals surface area contributed by atoms with Crippen LogP contribution in [0.4, 0.5) is 11.5 Å². The zero-order valence-corrected chi connectivity index (χ0v) is 27.4. The summed E-state index contributed by atoms with van der Waals surface area (Å²) in [5.41, 5.74) is 3.84. The number of carbonyl (C=O) groups excluding carboxylic acids is 3. The van der Waals surface area contributed by atoms with Crippen LogP contribution in [0.25, 0.3) is 6.08 Å². The third kappa shape index (κ3) is 9.42. The van der Waals surface area contributed by atoms with Gasteiger partial charge in [0.25, 0.3) is 11.8 Å². The summed E-state index contributed by atoms with van der Waals surface area (Å²) in [6.45, 7) is 4.23.